The van der Waals surface area contributed by atoms with Crippen LogP contribution in [0.3, 0.4) is 0 Å². The quantitative estimate of drug-likeness (QED) is 0.777. The van der Waals surface area contributed by atoms with Crippen molar-refractivity contribution in [3.8, 4) is 0 Å². The Morgan fingerprint density at radius 2 is 1.90 bits per heavy atom. The van der Waals surface area contributed by atoms with Crippen molar-refractivity contribution in [3.05, 3.63) is 51.5 Å². The van der Waals surface area contributed by atoms with Crippen molar-refractivity contribution in [2.75, 3.05) is 0 Å². The fourth-order valence-electron chi connectivity index (χ4n) is 2.82. The molecule has 1 fully saturated rings. The molecule has 1 heterocycles. The molecule has 2 aromatic rings. The summed E-state index contributed by atoms with van der Waals surface area (Å²) in [6, 6.07) is 11.5. The smallest absolute Gasteiger partial charge is 0.107 e. The van der Waals surface area contributed by atoms with Gasteiger partial charge >= 0.3 is 0 Å². The van der Waals surface area contributed by atoms with Crippen molar-refractivity contribution < 1.29 is 0 Å². The van der Waals surface area contributed by atoms with Crippen LogP contribution in [0.5, 0.6) is 0 Å². The van der Waals surface area contributed by atoms with E-state index in [9.17, 15) is 0 Å². The molecule has 1 aliphatic rings. The molecule has 2 nitrogen and oxygen atoms in total. The second-order valence-corrected chi connectivity index (χ2v) is 7.51. The van der Waals surface area contributed by atoms with Crippen molar-refractivity contribution in [1.82, 2.24) is 9.88 Å². The SMILES string of the molecule is Cc1nc(CN(Cc2ccccc2)[C@H](C)C2CC2)sc1C. The van der Waals surface area contributed by atoms with E-state index >= 15 is 0 Å². The minimum Gasteiger partial charge on any atom is -0.289 e. The number of nitrogens with zero attached hydrogens (tertiary/aromatic N) is 2. The van der Waals surface area contributed by atoms with Crippen LogP contribution in [0.4, 0.5) is 0 Å². The van der Waals surface area contributed by atoms with Gasteiger partial charge < -0.3 is 0 Å². The van der Waals surface area contributed by atoms with Crippen LogP contribution >= 0.6 is 11.3 Å². The van der Waals surface area contributed by atoms with Crippen LogP contribution in [-0.4, -0.2) is 15.9 Å². The van der Waals surface area contributed by atoms with E-state index in [1.165, 1.54) is 34.0 Å². The molecule has 3 rings (SSSR count). The Labute approximate surface area is 131 Å². The van der Waals surface area contributed by atoms with Gasteiger partial charge in [0, 0.05) is 17.5 Å². The van der Waals surface area contributed by atoms with Gasteiger partial charge in [0.2, 0.25) is 0 Å². The Morgan fingerprint density at radius 3 is 2.48 bits per heavy atom. The van der Waals surface area contributed by atoms with Gasteiger partial charge in [-0.2, -0.15) is 0 Å². The fourth-order valence-corrected chi connectivity index (χ4v) is 3.78. The molecule has 0 N–H and O–H groups in total. The molecule has 0 unspecified atom stereocenters. The van der Waals surface area contributed by atoms with Gasteiger partial charge in [0.15, 0.2) is 0 Å². The minimum atomic E-state index is 0.648. The highest BCUT2D eigenvalue weighted by Gasteiger charge is 2.32. The third-order valence-corrected chi connectivity index (χ3v) is 5.58. The normalized spacial score (nSPS) is 16.4. The summed E-state index contributed by atoms with van der Waals surface area (Å²) in [6.45, 7) is 8.67. The highest BCUT2D eigenvalue weighted by Crippen LogP contribution is 2.36. The van der Waals surface area contributed by atoms with E-state index < -0.39 is 0 Å². The maximum atomic E-state index is 4.73. The molecule has 0 aliphatic heterocycles. The van der Waals surface area contributed by atoms with E-state index in [4.69, 9.17) is 4.98 Å². The zero-order chi connectivity index (χ0) is 14.8. The first-order chi connectivity index (χ1) is 10.1. The molecule has 0 bridgehead atoms. The highest BCUT2D eigenvalue weighted by atomic mass is 32.1. The van der Waals surface area contributed by atoms with Crippen LogP contribution in [0, 0.1) is 19.8 Å². The molecule has 1 aliphatic carbocycles. The number of hydrogen-bond acceptors (Lipinski definition) is 3. The standard InChI is InChI=1S/C18H24N2S/c1-13-15(3)21-18(19-13)12-20(14(2)17-9-10-17)11-16-7-5-4-6-8-16/h4-8,14,17H,9-12H2,1-3H3/t14-/m1/s1. The number of thiazole rings is 1. The molecule has 112 valence electrons. The molecule has 1 saturated carbocycles. The van der Waals surface area contributed by atoms with Crippen molar-refractivity contribution in [2.45, 2.75) is 52.7 Å². The van der Waals surface area contributed by atoms with E-state index in [0.29, 0.717) is 6.04 Å². The van der Waals surface area contributed by atoms with Crippen molar-refractivity contribution in [2.24, 2.45) is 5.92 Å². The fraction of sp³-hybridized carbons (Fsp3) is 0.500. The number of rotatable bonds is 6. The Bertz CT molecular complexity index is 567. The summed E-state index contributed by atoms with van der Waals surface area (Å²) in [7, 11) is 0. The number of benzene rings is 1. The molecule has 21 heavy (non-hydrogen) atoms. The summed E-state index contributed by atoms with van der Waals surface area (Å²) >= 11 is 1.85. The lowest BCUT2D eigenvalue weighted by molar-refractivity contribution is 0.171. The zero-order valence-corrected chi connectivity index (χ0v) is 14.0. The number of aromatic nitrogens is 1. The molecule has 0 saturated heterocycles. The topological polar surface area (TPSA) is 16.1 Å². The molecule has 3 heteroatoms. The van der Waals surface area contributed by atoms with Gasteiger partial charge in [-0.3, -0.25) is 4.90 Å². The van der Waals surface area contributed by atoms with Crippen molar-refractivity contribution in [3.63, 3.8) is 0 Å². The van der Waals surface area contributed by atoms with Crippen molar-refractivity contribution in [1.29, 1.82) is 0 Å². The van der Waals surface area contributed by atoms with E-state index in [1.54, 1.807) is 0 Å². The van der Waals surface area contributed by atoms with E-state index in [-0.39, 0.29) is 0 Å². The Morgan fingerprint density at radius 1 is 1.19 bits per heavy atom. The Hall–Kier alpha value is -1.19. The first-order valence-corrected chi connectivity index (χ1v) is 8.66. The lowest BCUT2D eigenvalue weighted by Gasteiger charge is -2.28. The summed E-state index contributed by atoms with van der Waals surface area (Å²) in [6.07, 6.45) is 2.78. The van der Waals surface area contributed by atoms with E-state index in [0.717, 1.165) is 19.0 Å². The lowest BCUT2D eigenvalue weighted by atomic mass is 10.1. The second-order valence-electron chi connectivity index (χ2n) is 6.22. The molecular weight excluding hydrogens is 276 g/mol. The van der Waals surface area contributed by atoms with Gasteiger partial charge in [0.25, 0.3) is 0 Å². The average molecular weight is 300 g/mol. The minimum absolute atomic E-state index is 0.648. The second kappa shape index (κ2) is 6.29. The highest BCUT2D eigenvalue weighted by molar-refractivity contribution is 7.11. The third-order valence-electron chi connectivity index (χ3n) is 4.52. The maximum absolute atomic E-state index is 4.73. The van der Waals surface area contributed by atoms with Crippen LogP contribution in [0.1, 0.15) is 40.9 Å². The van der Waals surface area contributed by atoms with Gasteiger partial charge in [-0.1, -0.05) is 30.3 Å². The first-order valence-electron chi connectivity index (χ1n) is 7.84. The zero-order valence-electron chi connectivity index (χ0n) is 13.2. The van der Waals surface area contributed by atoms with Crippen molar-refractivity contribution >= 4 is 11.3 Å². The molecule has 1 aromatic heterocycles. The molecule has 1 aromatic carbocycles. The largest absolute Gasteiger partial charge is 0.289 e. The van der Waals surface area contributed by atoms with Gasteiger partial charge in [0.1, 0.15) is 5.01 Å². The number of aryl methyl sites for hydroxylation is 2. The van der Waals surface area contributed by atoms with Crippen LogP contribution < -0.4 is 0 Å². The predicted molar refractivity (Wildman–Crippen MR) is 89.5 cm³/mol. The summed E-state index contributed by atoms with van der Waals surface area (Å²) in [5.74, 6) is 0.885. The molecule has 0 spiro atoms. The molecule has 1 atom stereocenters. The Balaban J connectivity index is 1.75. The van der Waals surface area contributed by atoms with E-state index in [2.05, 4.69) is 56.0 Å². The molecule has 0 radical (unpaired) electrons. The van der Waals surface area contributed by atoms with Gasteiger partial charge in [0.05, 0.1) is 12.2 Å². The Kier molecular flexibility index (Phi) is 4.41. The van der Waals surface area contributed by atoms with Crippen LogP contribution in [0.25, 0.3) is 0 Å². The third kappa shape index (κ3) is 3.72. The average Bonchev–Trinajstić information content (AvgIpc) is 3.26. The first kappa shape index (κ1) is 14.7. The monoisotopic (exact) mass is 300 g/mol. The molecular formula is C18H24N2S. The van der Waals surface area contributed by atoms with Crippen LogP contribution in [0.15, 0.2) is 30.3 Å². The summed E-state index contributed by atoms with van der Waals surface area (Å²) in [5.41, 5.74) is 2.59. The summed E-state index contributed by atoms with van der Waals surface area (Å²) in [4.78, 5) is 8.68. The predicted octanol–water partition coefficient (Wildman–Crippen LogP) is 4.56. The summed E-state index contributed by atoms with van der Waals surface area (Å²) < 4.78 is 0. The lowest BCUT2D eigenvalue weighted by Crippen LogP contribution is -2.33. The molecule has 0 amide bonds. The summed E-state index contributed by atoms with van der Waals surface area (Å²) in [5, 5.41) is 1.26. The number of hydrogen-bond donors (Lipinski definition) is 0. The van der Waals surface area contributed by atoms with Crippen LogP contribution in [0.2, 0.25) is 0 Å². The van der Waals surface area contributed by atoms with Crippen LogP contribution in [-0.2, 0) is 13.1 Å². The van der Waals surface area contributed by atoms with E-state index in [1.807, 2.05) is 11.3 Å². The van der Waals surface area contributed by atoms with Gasteiger partial charge in [-0.25, -0.2) is 4.98 Å². The van der Waals surface area contributed by atoms with Gasteiger partial charge in [-0.15, -0.1) is 11.3 Å². The van der Waals surface area contributed by atoms with Gasteiger partial charge in [-0.05, 0) is 45.1 Å². The maximum Gasteiger partial charge on any atom is 0.107 e.